The van der Waals surface area contributed by atoms with Crippen molar-refractivity contribution in [3.05, 3.63) is 28.2 Å². The number of hydrogen-bond acceptors (Lipinski definition) is 4. The number of nitrogens with one attached hydrogen (secondary N) is 2. The number of hydrogen-bond donors (Lipinski definition) is 2. The van der Waals surface area contributed by atoms with Crippen LogP contribution in [0.25, 0.3) is 0 Å². The fourth-order valence-corrected chi connectivity index (χ4v) is 2.68. The minimum absolute atomic E-state index is 0.116. The fraction of sp³-hybridized carbons (Fsp3) is 0.273. The third kappa shape index (κ3) is 4.08. The van der Waals surface area contributed by atoms with Gasteiger partial charge < -0.3 is 10.6 Å². The Morgan fingerprint density at radius 3 is 2.72 bits per heavy atom. The minimum Gasteiger partial charge on any atom is -0.363 e. The van der Waals surface area contributed by atoms with Gasteiger partial charge in [0.25, 0.3) is 0 Å². The normalized spacial score (nSPS) is 14.0. The number of benzene rings is 1. The first-order valence-electron chi connectivity index (χ1n) is 5.30. The van der Waals surface area contributed by atoms with Crippen molar-refractivity contribution in [1.29, 1.82) is 0 Å². The van der Waals surface area contributed by atoms with E-state index >= 15 is 0 Å². The minimum atomic E-state index is -0.116. The molecule has 1 aliphatic rings. The highest BCUT2D eigenvalue weighted by atomic mass is 35.5. The van der Waals surface area contributed by atoms with Gasteiger partial charge in [0.15, 0.2) is 5.17 Å². The van der Waals surface area contributed by atoms with E-state index in [0.29, 0.717) is 21.5 Å². The molecule has 0 saturated heterocycles. The molecule has 96 valence electrons. The molecule has 4 nitrogen and oxygen atoms in total. The molecule has 2 rings (SSSR count). The SMILES string of the molecule is O=C(CSC1=NCCN1)Nc1cc(Cl)cc(Cl)c1. The van der Waals surface area contributed by atoms with Crippen LogP contribution in [0.3, 0.4) is 0 Å². The van der Waals surface area contributed by atoms with Gasteiger partial charge >= 0.3 is 0 Å². The van der Waals surface area contributed by atoms with E-state index in [4.69, 9.17) is 23.2 Å². The Labute approximate surface area is 119 Å². The Morgan fingerprint density at radius 2 is 2.11 bits per heavy atom. The molecule has 0 fully saturated rings. The number of rotatable bonds is 3. The predicted octanol–water partition coefficient (Wildman–Crippen LogP) is 2.62. The van der Waals surface area contributed by atoms with Crippen LogP contribution in [0.5, 0.6) is 0 Å². The molecule has 1 aliphatic heterocycles. The van der Waals surface area contributed by atoms with E-state index in [2.05, 4.69) is 15.6 Å². The maximum atomic E-state index is 11.7. The molecule has 7 heteroatoms. The molecule has 1 aromatic rings. The van der Waals surface area contributed by atoms with Crippen LogP contribution in [-0.2, 0) is 4.79 Å². The smallest absolute Gasteiger partial charge is 0.234 e. The summed E-state index contributed by atoms with van der Waals surface area (Å²) >= 11 is 13.1. The zero-order chi connectivity index (χ0) is 13.0. The second-order valence-electron chi connectivity index (χ2n) is 3.61. The van der Waals surface area contributed by atoms with Crippen LogP contribution < -0.4 is 10.6 Å². The Hall–Kier alpha value is -0.910. The number of aliphatic imine (C=N–C) groups is 1. The third-order valence-corrected chi connectivity index (χ3v) is 3.52. The molecule has 0 unspecified atom stereocenters. The summed E-state index contributed by atoms with van der Waals surface area (Å²) in [5, 5.41) is 7.62. The Balaban J connectivity index is 1.86. The van der Waals surface area contributed by atoms with Gasteiger partial charge in [-0.05, 0) is 18.2 Å². The lowest BCUT2D eigenvalue weighted by molar-refractivity contribution is -0.113. The Bertz CT molecular complexity index is 473. The van der Waals surface area contributed by atoms with Crippen molar-refractivity contribution in [3.63, 3.8) is 0 Å². The summed E-state index contributed by atoms with van der Waals surface area (Å²) in [6, 6.07) is 4.92. The molecule has 0 aliphatic carbocycles. The van der Waals surface area contributed by atoms with Gasteiger partial charge in [0.1, 0.15) is 0 Å². The van der Waals surface area contributed by atoms with E-state index in [1.807, 2.05) is 0 Å². The molecule has 0 saturated carbocycles. The summed E-state index contributed by atoms with van der Waals surface area (Å²) in [5.74, 6) is 0.186. The van der Waals surface area contributed by atoms with Gasteiger partial charge in [-0.25, -0.2) is 0 Å². The topological polar surface area (TPSA) is 53.5 Å². The standard InChI is InChI=1S/C11H11Cl2N3OS/c12-7-3-8(13)5-9(4-7)16-10(17)6-18-11-14-1-2-15-11/h3-5H,1-2,6H2,(H,14,15)(H,16,17). The quantitative estimate of drug-likeness (QED) is 0.902. The van der Waals surface area contributed by atoms with E-state index < -0.39 is 0 Å². The summed E-state index contributed by atoms with van der Waals surface area (Å²) in [6.07, 6.45) is 0. The highest BCUT2D eigenvalue weighted by molar-refractivity contribution is 8.14. The van der Waals surface area contributed by atoms with Gasteiger partial charge in [0.2, 0.25) is 5.91 Å². The van der Waals surface area contributed by atoms with Crippen molar-refractivity contribution in [3.8, 4) is 0 Å². The number of thioether (sulfide) groups is 1. The number of carbonyl (C=O) groups is 1. The molecule has 0 atom stereocenters. The van der Waals surface area contributed by atoms with Crippen molar-refractivity contribution in [2.75, 3.05) is 24.2 Å². The zero-order valence-electron chi connectivity index (χ0n) is 9.37. The first kappa shape index (κ1) is 13.5. The van der Waals surface area contributed by atoms with Crippen LogP contribution in [0.4, 0.5) is 5.69 Å². The molecular formula is C11H11Cl2N3OS. The van der Waals surface area contributed by atoms with Crippen LogP contribution in [0, 0.1) is 0 Å². The zero-order valence-corrected chi connectivity index (χ0v) is 11.7. The lowest BCUT2D eigenvalue weighted by Gasteiger charge is -2.06. The van der Waals surface area contributed by atoms with E-state index in [1.165, 1.54) is 11.8 Å². The molecule has 2 N–H and O–H groups in total. The second kappa shape index (κ2) is 6.31. The van der Waals surface area contributed by atoms with Gasteiger partial charge in [0.05, 0.1) is 12.3 Å². The van der Waals surface area contributed by atoms with Crippen LogP contribution >= 0.6 is 35.0 Å². The van der Waals surface area contributed by atoms with Crippen molar-refractivity contribution in [1.82, 2.24) is 5.32 Å². The summed E-state index contributed by atoms with van der Waals surface area (Å²) in [4.78, 5) is 15.9. The first-order valence-corrected chi connectivity index (χ1v) is 7.05. The molecule has 0 aromatic heterocycles. The van der Waals surface area contributed by atoms with Crippen molar-refractivity contribution < 1.29 is 4.79 Å². The van der Waals surface area contributed by atoms with Gasteiger partial charge in [-0.3, -0.25) is 9.79 Å². The van der Waals surface area contributed by atoms with Crippen molar-refractivity contribution in [2.24, 2.45) is 4.99 Å². The maximum Gasteiger partial charge on any atom is 0.234 e. The maximum absolute atomic E-state index is 11.7. The van der Waals surface area contributed by atoms with Gasteiger partial charge in [-0.15, -0.1) is 0 Å². The van der Waals surface area contributed by atoms with Gasteiger partial charge in [-0.1, -0.05) is 35.0 Å². The molecular weight excluding hydrogens is 293 g/mol. The molecule has 1 aromatic carbocycles. The summed E-state index contributed by atoms with van der Waals surface area (Å²) in [6.45, 7) is 1.61. The average molecular weight is 304 g/mol. The Morgan fingerprint density at radius 1 is 1.39 bits per heavy atom. The number of amidine groups is 1. The molecule has 0 spiro atoms. The van der Waals surface area contributed by atoms with E-state index in [0.717, 1.165) is 18.3 Å². The number of halogens is 2. The van der Waals surface area contributed by atoms with Crippen molar-refractivity contribution in [2.45, 2.75) is 0 Å². The molecule has 1 heterocycles. The summed E-state index contributed by atoms with van der Waals surface area (Å²) in [7, 11) is 0. The number of amides is 1. The number of anilines is 1. The largest absolute Gasteiger partial charge is 0.363 e. The first-order chi connectivity index (χ1) is 8.63. The van der Waals surface area contributed by atoms with Gasteiger partial charge in [-0.2, -0.15) is 0 Å². The fourth-order valence-electron chi connectivity index (χ4n) is 1.43. The van der Waals surface area contributed by atoms with Crippen LogP contribution in [0.15, 0.2) is 23.2 Å². The number of carbonyl (C=O) groups excluding carboxylic acids is 1. The molecule has 18 heavy (non-hydrogen) atoms. The molecule has 1 amide bonds. The van der Waals surface area contributed by atoms with E-state index in [9.17, 15) is 4.79 Å². The predicted molar refractivity (Wildman–Crippen MR) is 77.9 cm³/mol. The second-order valence-corrected chi connectivity index (χ2v) is 5.45. The highest BCUT2D eigenvalue weighted by Crippen LogP contribution is 2.22. The van der Waals surface area contributed by atoms with Crippen molar-refractivity contribution >= 4 is 51.7 Å². The number of nitrogens with zero attached hydrogens (tertiary/aromatic N) is 1. The lowest BCUT2D eigenvalue weighted by atomic mass is 10.3. The van der Waals surface area contributed by atoms with Gasteiger partial charge in [0, 0.05) is 22.3 Å². The molecule has 0 radical (unpaired) electrons. The summed E-state index contributed by atoms with van der Waals surface area (Å²) in [5.41, 5.74) is 0.597. The van der Waals surface area contributed by atoms with Crippen LogP contribution in [-0.4, -0.2) is 29.9 Å². The van der Waals surface area contributed by atoms with Crippen LogP contribution in [0.1, 0.15) is 0 Å². The van der Waals surface area contributed by atoms with Crippen LogP contribution in [0.2, 0.25) is 10.0 Å². The van der Waals surface area contributed by atoms with E-state index in [-0.39, 0.29) is 5.91 Å². The highest BCUT2D eigenvalue weighted by Gasteiger charge is 2.09. The summed E-state index contributed by atoms with van der Waals surface area (Å²) < 4.78 is 0. The molecule has 0 bridgehead atoms. The Kier molecular flexibility index (Phi) is 4.74. The average Bonchev–Trinajstić information content (AvgIpc) is 2.77. The lowest BCUT2D eigenvalue weighted by Crippen LogP contribution is -2.20. The monoisotopic (exact) mass is 303 g/mol. The third-order valence-electron chi connectivity index (χ3n) is 2.13. The van der Waals surface area contributed by atoms with E-state index in [1.54, 1.807) is 18.2 Å².